The van der Waals surface area contributed by atoms with Gasteiger partial charge in [0.15, 0.2) is 0 Å². The summed E-state index contributed by atoms with van der Waals surface area (Å²) in [6.07, 6.45) is 0. The van der Waals surface area contributed by atoms with Crippen molar-refractivity contribution in [3.8, 4) is 17.0 Å². The first-order chi connectivity index (χ1) is 16.3. The van der Waals surface area contributed by atoms with E-state index in [-0.39, 0.29) is 11.7 Å². The van der Waals surface area contributed by atoms with E-state index in [0.29, 0.717) is 28.4 Å². The molecule has 0 unspecified atom stereocenters. The molecular formula is C24H26N4O6. The molecule has 3 aromatic rings. The van der Waals surface area contributed by atoms with Gasteiger partial charge < -0.3 is 29.9 Å². The Hall–Kier alpha value is -4.34. The first-order valence-electron chi connectivity index (χ1n) is 10.5. The summed E-state index contributed by atoms with van der Waals surface area (Å²) in [7, 11) is 2.79. The van der Waals surface area contributed by atoms with Crippen LogP contribution in [0.25, 0.3) is 11.3 Å². The number of carbonyl (C=O) groups excluding carboxylic acids is 3. The molecule has 10 heteroatoms. The lowest BCUT2D eigenvalue weighted by atomic mass is 10.0. The molecule has 0 spiro atoms. The minimum atomic E-state index is -0.807. The number of amides is 3. The number of rotatable bonds is 8. The maximum absolute atomic E-state index is 12.5. The minimum absolute atomic E-state index is 0.0389. The molecule has 3 amide bonds. The van der Waals surface area contributed by atoms with Crippen molar-refractivity contribution in [3.63, 3.8) is 0 Å². The predicted molar refractivity (Wildman–Crippen MR) is 126 cm³/mol. The Morgan fingerprint density at radius 1 is 0.971 bits per heavy atom. The molecule has 0 aliphatic carbocycles. The summed E-state index contributed by atoms with van der Waals surface area (Å²) in [5.41, 5.74) is 2.19. The van der Waals surface area contributed by atoms with Gasteiger partial charge >= 0.3 is 12.0 Å². The Bertz CT molecular complexity index is 1160. The van der Waals surface area contributed by atoms with Gasteiger partial charge in [-0.1, -0.05) is 43.3 Å². The van der Waals surface area contributed by atoms with E-state index in [1.54, 1.807) is 62.4 Å². The largest absolute Gasteiger partial charge is 0.495 e. The van der Waals surface area contributed by atoms with Crippen LogP contribution < -0.4 is 20.7 Å². The zero-order valence-corrected chi connectivity index (χ0v) is 19.2. The molecule has 1 heterocycles. The van der Waals surface area contributed by atoms with Crippen molar-refractivity contribution < 1.29 is 28.4 Å². The molecule has 0 saturated heterocycles. The fraction of sp³-hybridized carbons (Fsp3) is 0.250. The average molecular weight is 466 g/mol. The Kier molecular flexibility index (Phi) is 7.86. The van der Waals surface area contributed by atoms with Crippen LogP contribution in [-0.4, -0.2) is 43.3 Å². The zero-order valence-electron chi connectivity index (χ0n) is 19.2. The van der Waals surface area contributed by atoms with Crippen LogP contribution in [0.3, 0.4) is 0 Å². The van der Waals surface area contributed by atoms with Crippen LogP contribution in [0.2, 0.25) is 0 Å². The lowest BCUT2D eigenvalue weighted by molar-refractivity contribution is -0.144. The number of urea groups is 1. The summed E-state index contributed by atoms with van der Waals surface area (Å²) >= 11 is 0. The van der Waals surface area contributed by atoms with Gasteiger partial charge in [-0.25, -0.2) is 9.59 Å². The lowest BCUT2D eigenvalue weighted by Gasteiger charge is -2.18. The molecule has 3 N–H and O–H groups in total. The van der Waals surface area contributed by atoms with Gasteiger partial charge in [-0.15, -0.1) is 0 Å². The fourth-order valence-electron chi connectivity index (χ4n) is 3.11. The van der Waals surface area contributed by atoms with Crippen molar-refractivity contribution in [3.05, 3.63) is 60.4 Å². The standard InChI is InChI=1S/C24H26N4O6/c1-14(2)21(23(30)33-4)27-22(29)20-13-18(28-34-20)15-9-11-16(12-10-15)25-24(31)26-17-7-5-6-8-19(17)32-3/h5-14,21H,1-4H3,(H,27,29)(H2,25,26,31)/t21-/m0/s1. The number of methoxy groups -OCH3 is 2. The van der Waals surface area contributed by atoms with Gasteiger partial charge in [0.05, 0.1) is 19.9 Å². The molecule has 1 aromatic heterocycles. The highest BCUT2D eigenvalue weighted by molar-refractivity contribution is 6.00. The third-order valence-electron chi connectivity index (χ3n) is 4.94. The average Bonchev–Trinajstić information content (AvgIpc) is 3.33. The smallest absolute Gasteiger partial charge is 0.328 e. The summed E-state index contributed by atoms with van der Waals surface area (Å²) < 4.78 is 15.1. The highest BCUT2D eigenvalue weighted by Crippen LogP contribution is 2.24. The Morgan fingerprint density at radius 3 is 2.32 bits per heavy atom. The Balaban J connectivity index is 1.63. The van der Waals surface area contributed by atoms with Gasteiger partial charge in [-0.05, 0) is 30.2 Å². The van der Waals surface area contributed by atoms with E-state index in [2.05, 4.69) is 21.1 Å². The number of nitrogens with zero attached hydrogens (tertiary/aromatic N) is 1. The topological polar surface area (TPSA) is 132 Å². The summed E-state index contributed by atoms with van der Waals surface area (Å²) in [6, 6.07) is 14.1. The summed E-state index contributed by atoms with van der Waals surface area (Å²) in [6.45, 7) is 3.58. The predicted octanol–water partition coefficient (Wildman–Crippen LogP) is 3.92. The number of esters is 1. The number of carbonyl (C=O) groups is 3. The van der Waals surface area contributed by atoms with Gasteiger partial charge in [0.25, 0.3) is 5.91 Å². The monoisotopic (exact) mass is 466 g/mol. The Morgan fingerprint density at radius 2 is 1.68 bits per heavy atom. The van der Waals surface area contributed by atoms with Gasteiger partial charge in [0.2, 0.25) is 5.76 Å². The lowest BCUT2D eigenvalue weighted by Crippen LogP contribution is -2.44. The van der Waals surface area contributed by atoms with Gasteiger partial charge in [-0.3, -0.25) is 4.79 Å². The number of aromatic nitrogens is 1. The number of hydrogen-bond acceptors (Lipinski definition) is 7. The van der Waals surface area contributed by atoms with Crippen LogP contribution in [0, 0.1) is 5.92 Å². The molecule has 0 fully saturated rings. The molecule has 0 saturated carbocycles. The highest BCUT2D eigenvalue weighted by atomic mass is 16.5. The number of ether oxygens (including phenoxy) is 2. The molecule has 34 heavy (non-hydrogen) atoms. The van der Waals surface area contributed by atoms with Crippen LogP contribution in [0.5, 0.6) is 5.75 Å². The van der Waals surface area contributed by atoms with Crippen molar-refractivity contribution in [2.24, 2.45) is 5.92 Å². The van der Waals surface area contributed by atoms with E-state index in [4.69, 9.17) is 14.0 Å². The molecular weight excluding hydrogens is 440 g/mol. The van der Waals surface area contributed by atoms with Crippen LogP contribution in [0.1, 0.15) is 24.4 Å². The molecule has 2 aromatic carbocycles. The number of hydrogen-bond donors (Lipinski definition) is 3. The molecule has 0 bridgehead atoms. The first kappa shape index (κ1) is 24.3. The maximum Gasteiger partial charge on any atom is 0.328 e. The van der Waals surface area contributed by atoms with E-state index in [9.17, 15) is 14.4 Å². The van der Waals surface area contributed by atoms with Crippen molar-refractivity contribution in [1.82, 2.24) is 10.5 Å². The van der Waals surface area contributed by atoms with E-state index < -0.39 is 23.9 Å². The molecule has 0 aliphatic heterocycles. The molecule has 10 nitrogen and oxygen atoms in total. The van der Waals surface area contributed by atoms with E-state index in [1.807, 2.05) is 0 Å². The summed E-state index contributed by atoms with van der Waals surface area (Å²) in [5.74, 6) is -0.776. The normalized spacial score (nSPS) is 11.4. The van der Waals surface area contributed by atoms with E-state index in [0.717, 1.165) is 0 Å². The Labute approximate surface area is 196 Å². The van der Waals surface area contributed by atoms with Gasteiger partial charge in [-0.2, -0.15) is 0 Å². The van der Waals surface area contributed by atoms with Crippen molar-refractivity contribution in [1.29, 1.82) is 0 Å². The molecule has 0 radical (unpaired) electrons. The molecule has 3 rings (SSSR count). The summed E-state index contributed by atoms with van der Waals surface area (Å²) in [5, 5.41) is 12.0. The third-order valence-corrected chi connectivity index (χ3v) is 4.94. The zero-order chi connectivity index (χ0) is 24.7. The number of benzene rings is 2. The van der Waals surface area contributed by atoms with Crippen molar-refractivity contribution in [2.75, 3.05) is 24.9 Å². The number of anilines is 2. The summed E-state index contributed by atoms with van der Waals surface area (Å²) in [4.78, 5) is 36.7. The van der Waals surface area contributed by atoms with Crippen LogP contribution >= 0.6 is 0 Å². The second-order valence-corrected chi connectivity index (χ2v) is 7.65. The highest BCUT2D eigenvalue weighted by Gasteiger charge is 2.27. The van der Waals surface area contributed by atoms with Gasteiger partial charge in [0.1, 0.15) is 17.5 Å². The second-order valence-electron chi connectivity index (χ2n) is 7.65. The quantitative estimate of drug-likeness (QED) is 0.429. The van der Waals surface area contributed by atoms with Gasteiger partial charge in [0, 0.05) is 17.3 Å². The third kappa shape index (κ3) is 5.91. The maximum atomic E-state index is 12.5. The van der Waals surface area contributed by atoms with E-state index >= 15 is 0 Å². The van der Waals surface area contributed by atoms with Crippen molar-refractivity contribution in [2.45, 2.75) is 19.9 Å². The fourth-order valence-corrected chi connectivity index (χ4v) is 3.11. The molecule has 1 atom stereocenters. The number of para-hydroxylation sites is 2. The second kappa shape index (κ2) is 11.0. The first-order valence-corrected chi connectivity index (χ1v) is 10.5. The number of nitrogens with one attached hydrogen (secondary N) is 3. The van der Waals surface area contributed by atoms with Crippen LogP contribution in [0.4, 0.5) is 16.2 Å². The molecule has 178 valence electrons. The van der Waals surface area contributed by atoms with Crippen molar-refractivity contribution >= 4 is 29.3 Å². The van der Waals surface area contributed by atoms with E-state index in [1.165, 1.54) is 20.3 Å². The molecule has 0 aliphatic rings. The van der Waals surface area contributed by atoms with Crippen LogP contribution in [0.15, 0.2) is 59.1 Å². The SMILES string of the molecule is COC(=O)[C@@H](NC(=O)c1cc(-c2ccc(NC(=O)Nc3ccccc3OC)cc2)no1)C(C)C. The van der Waals surface area contributed by atoms with Crippen LogP contribution in [-0.2, 0) is 9.53 Å². The minimum Gasteiger partial charge on any atom is -0.495 e.